The Morgan fingerprint density at radius 2 is 1.41 bits per heavy atom. The molecule has 1 amide bonds. The van der Waals surface area contributed by atoms with Crippen LogP contribution in [-0.4, -0.2) is 54.6 Å². The fourth-order valence-electron chi connectivity index (χ4n) is 6.49. The highest BCUT2D eigenvalue weighted by atomic mass is 16.5. The molecule has 2 aliphatic rings. The Labute approximate surface area is 233 Å². The molecular weight excluding hydrogens is 484 g/mol. The maximum atomic E-state index is 13.9. The summed E-state index contributed by atoms with van der Waals surface area (Å²) in [4.78, 5) is 18.6. The molecule has 2 saturated heterocycles. The van der Waals surface area contributed by atoms with Crippen LogP contribution < -0.4 is 9.47 Å². The van der Waals surface area contributed by atoms with Gasteiger partial charge in [-0.1, -0.05) is 66.7 Å². The van der Waals surface area contributed by atoms with Gasteiger partial charge >= 0.3 is 0 Å². The molecule has 2 heterocycles. The lowest BCUT2D eigenvalue weighted by Crippen LogP contribution is -2.59. The number of fused-ring (bicyclic) bond motifs is 2. The van der Waals surface area contributed by atoms with Gasteiger partial charge in [0.05, 0.1) is 20.3 Å². The van der Waals surface area contributed by atoms with Crippen molar-refractivity contribution in [1.82, 2.24) is 9.80 Å². The van der Waals surface area contributed by atoms with Gasteiger partial charge in [0.2, 0.25) is 5.91 Å². The Bertz CT molecular complexity index is 1200. The number of nitrogens with zero attached hydrogens (tertiary/aromatic N) is 2. The van der Waals surface area contributed by atoms with Crippen molar-refractivity contribution in [2.45, 2.75) is 76.0 Å². The van der Waals surface area contributed by atoms with Gasteiger partial charge in [-0.05, 0) is 80.2 Å². The van der Waals surface area contributed by atoms with Crippen LogP contribution in [0, 0.1) is 0 Å². The molecule has 0 radical (unpaired) electrons. The average Bonchev–Trinajstić information content (AvgIpc) is 3.28. The molecule has 0 aromatic heterocycles. The summed E-state index contributed by atoms with van der Waals surface area (Å²) in [7, 11) is 3.35. The number of hydrogen-bond acceptors (Lipinski definition) is 4. The molecule has 3 atom stereocenters. The fourth-order valence-corrected chi connectivity index (χ4v) is 6.49. The molecule has 0 saturated carbocycles. The van der Waals surface area contributed by atoms with E-state index >= 15 is 0 Å². The monoisotopic (exact) mass is 526 g/mol. The van der Waals surface area contributed by atoms with E-state index in [9.17, 15) is 4.79 Å². The van der Waals surface area contributed by atoms with Gasteiger partial charge in [0.1, 0.15) is 0 Å². The third kappa shape index (κ3) is 6.65. The van der Waals surface area contributed by atoms with E-state index in [-0.39, 0.29) is 12.1 Å². The molecule has 3 unspecified atom stereocenters. The van der Waals surface area contributed by atoms with Crippen molar-refractivity contribution in [2.75, 3.05) is 20.8 Å². The highest BCUT2D eigenvalue weighted by Gasteiger charge is 2.46. The molecule has 3 aromatic rings. The van der Waals surface area contributed by atoms with Crippen molar-refractivity contribution >= 4 is 5.91 Å². The van der Waals surface area contributed by atoms with E-state index in [0.717, 1.165) is 76.0 Å². The Kier molecular flexibility index (Phi) is 9.20. The maximum Gasteiger partial charge on any atom is 0.240 e. The Balaban J connectivity index is 1.25. The number of methoxy groups -OCH3 is 2. The van der Waals surface area contributed by atoms with Crippen molar-refractivity contribution < 1.29 is 14.3 Å². The lowest BCUT2D eigenvalue weighted by atomic mass is 9.96. The van der Waals surface area contributed by atoms with Gasteiger partial charge in [0.15, 0.2) is 11.5 Å². The summed E-state index contributed by atoms with van der Waals surface area (Å²) in [6.07, 6.45) is 8.32. The molecule has 2 fully saturated rings. The van der Waals surface area contributed by atoms with Gasteiger partial charge in [-0.15, -0.1) is 0 Å². The van der Waals surface area contributed by atoms with E-state index in [2.05, 4.69) is 82.6 Å². The van der Waals surface area contributed by atoms with Crippen LogP contribution in [0.1, 0.15) is 55.2 Å². The largest absolute Gasteiger partial charge is 0.493 e. The van der Waals surface area contributed by atoms with Crippen molar-refractivity contribution in [3.05, 3.63) is 95.6 Å². The zero-order valence-electron chi connectivity index (χ0n) is 23.4. The SMILES string of the molecule is COc1ccc(CCCC(CCCc2ccccc2)N2CC3CCC(C2=O)N3Cc2ccccc2)cc1OC. The number of likely N-dealkylation sites (tertiary alicyclic amines) is 1. The maximum absolute atomic E-state index is 13.9. The zero-order chi connectivity index (χ0) is 27.0. The van der Waals surface area contributed by atoms with Crippen LogP contribution in [0.15, 0.2) is 78.9 Å². The van der Waals surface area contributed by atoms with Crippen LogP contribution in [0.2, 0.25) is 0 Å². The predicted molar refractivity (Wildman–Crippen MR) is 156 cm³/mol. The number of benzene rings is 3. The van der Waals surface area contributed by atoms with Crippen LogP contribution in [0.5, 0.6) is 11.5 Å². The molecular formula is C34H42N2O3. The molecule has 3 aromatic carbocycles. The normalized spacial score (nSPS) is 19.7. The first-order valence-corrected chi connectivity index (χ1v) is 14.5. The summed E-state index contributed by atoms with van der Waals surface area (Å²) in [5, 5.41) is 0. The molecule has 5 heteroatoms. The molecule has 2 bridgehead atoms. The van der Waals surface area contributed by atoms with Crippen LogP contribution in [0.3, 0.4) is 0 Å². The molecule has 5 rings (SSSR count). The Morgan fingerprint density at radius 1 is 0.769 bits per heavy atom. The third-order valence-corrected chi connectivity index (χ3v) is 8.56. The summed E-state index contributed by atoms with van der Waals surface area (Å²) >= 11 is 0. The first-order valence-electron chi connectivity index (χ1n) is 14.5. The number of carbonyl (C=O) groups excluding carboxylic acids is 1. The van der Waals surface area contributed by atoms with E-state index in [4.69, 9.17) is 9.47 Å². The topological polar surface area (TPSA) is 42.0 Å². The van der Waals surface area contributed by atoms with E-state index in [1.54, 1.807) is 14.2 Å². The van der Waals surface area contributed by atoms with Gasteiger partial charge in [-0.25, -0.2) is 0 Å². The smallest absolute Gasteiger partial charge is 0.240 e. The lowest BCUT2D eigenvalue weighted by Gasteiger charge is -2.44. The van der Waals surface area contributed by atoms with E-state index in [0.29, 0.717) is 11.9 Å². The number of ether oxygens (including phenoxy) is 2. The minimum absolute atomic E-state index is 0.0198. The summed E-state index contributed by atoms with van der Waals surface area (Å²) < 4.78 is 10.9. The van der Waals surface area contributed by atoms with Crippen LogP contribution >= 0.6 is 0 Å². The minimum atomic E-state index is 0.0198. The number of carbonyl (C=O) groups is 1. The van der Waals surface area contributed by atoms with Crippen molar-refractivity contribution in [2.24, 2.45) is 0 Å². The number of hydrogen-bond donors (Lipinski definition) is 0. The van der Waals surface area contributed by atoms with E-state index in [1.165, 1.54) is 16.7 Å². The highest BCUT2D eigenvalue weighted by molar-refractivity contribution is 5.83. The molecule has 5 nitrogen and oxygen atoms in total. The van der Waals surface area contributed by atoms with E-state index in [1.807, 2.05) is 6.07 Å². The lowest BCUT2D eigenvalue weighted by molar-refractivity contribution is -0.145. The quantitative estimate of drug-likeness (QED) is 0.262. The number of piperazine rings is 1. The van der Waals surface area contributed by atoms with Crippen LogP contribution in [0.4, 0.5) is 0 Å². The molecule has 0 N–H and O–H groups in total. The summed E-state index contributed by atoms with van der Waals surface area (Å²) in [5.41, 5.74) is 3.92. The molecule has 2 aliphatic heterocycles. The van der Waals surface area contributed by atoms with Gasteiger partial charge < -0.3 is 14.4 Å². The predicted octanol–water partition coefficient (Wildman–Crippen LogP) is 6.29. The van der Waals surface area contributed by atoms with E-state index < -0.39 is 0 Å². The average molecular weight is 527 g/mol. The number of amides is 1. The second kappa shape index (κ2) is 13.2. The first kappa shape index (κ1) is 27.3. The van der Waals surface area contributed by atoms with Crippen molar-refractivity contribution in [3.63, 3.8) is 0 Å². The molecule has 206 valence electrons. The van der Waals surface area contributed by atoms with Gasteiger partial charge in [-0.3, -0.25) is 9.69 Å². The van der Waals surface area contributed by atoms with Crippen LogP contribution in [-0.2, 0) is 24.2 Å². The Morgan fingerprint density at radius 3 is 2.08 bits per heavy atom. The second-order valence-electron chi connectivity index (χ2n) is 11.0. The van der Waals surface area contributed by atoms with Crippen LogP contribution in [0.25, 0.3) is 0 Å². The summed E-state index contributed by atoms with van der Waals surface area (Å²) in [6.45, 7) is 1.72. The third-order valence-electron chi connectivity index (χ3n) is 8.56. The molecule has 0 spiro atoms. The Hall–Kier alpha value is -3.31. The zero-order valence-corrected chi connectivity index (χ0v) is 23.4. The summed E-state index contributed by atoms with van der Waals surface area (Å²) in [6, 6.07) is 28.3. The summed E-state index contributed by atoms with van der Waals surface area (Å²) in [5.74, 6) is 1.88. The standard InChI is InChI=1S/C34H42N2O3/c1-38-32-22-19-27(23-33(32)39-2)16-10-18-29(17-9-15-26-11-5-3-6-12-26)36-25-30-20-21-31(34(36)37)35(30)24-28-13-7-4-8-14-28/h3-8,11-14,19,22-23,29-31H,9-10,15-18,20-21,24-25H2,1-2H3. The molecule has 39 heavy (non-hydrogen) atoms. The first-order chi connectivity index (χ1) is 19.2. The van der Waals surface area contributed by atoms with Crippen molar-refractivity contribution in [1.29, 1.82) is 0 Å². The van der Waals surface area contributed by atoms with Crippen molar-refractivity contribution in [3.8, 4) is 11.5 Å². The van der Waals surface area contributed by atoms with Gasteiger partial charge in [0.25, 0.3) is 0 Å². The van der Waals surface area contributed by atoms with Gasteiger partial charge in [0, 0.05) is 25.2 Å². The highest BCUT2D eigenvalue weighted by Crippen LogP contribution is 2.35. The number of aryl methyl sites for hydroxylation is 2. The number of rotatable bonds is 13. The fraction of sp³-hybridized carbons (Fsp3) is 0.441. The second-order valence-corrected chi connectivity index (χ2v) is 11.0. The molecule has 0 aliphatic carbocycles. The van der Waals surface area contributed by atoms with Gasteiger partial charge in [-0.2, -0.15) is 0 Å². The minimum Gasteiger partial charge on any atom is -0.493 e.